The quantitative estimate of drug-likeness (QED) is 0.848. The highest BCUT2D eigenvalue weighted by Crippen LogP contribution is 2.40. The van der Waals surface area contributed by atoms with Gasteiger partial charge in [0.25, 0.3) is 5.91 Å². The fraction of sp³-hybridized carbons (Fsp3) is 0.632. The van der Waals surface area contributed by atoms with Crippen molar-refractivity contribution in [1.29, 1.82) is 0 Å². The summed E-state index contributed by atoms with van der Waals surface area (Å²) in [5.74, 6) is 0.104. The van der Waals surface area contributed by atoms with E-state index >= 15 is 0 Å². The van der Waals surface area contributed by atoms with Crippen LogP contribution in [-0.4, -0.2) is 65.6 Å². The molecule has 3 saturated heterocycles. The third-order valence-electron chi connectivity index (χ3n) is 6.19. The summed E-state index contributed by atoms with van der Waals surface area (Å²) in [7, 11) is 0. The standard InChI is InChI=1S/C19H26N4O3/c24-17(23-8-1-2-9-23)14-4-3-7-20-16(14)22-10-5-19(6-11-22)12-15(18(25)26)21-13-19/h3-4,7,15,21H,1-2,5-6,8-13H2,(H,25,26)/t15-/m0/s1. The number of aliphatic carboxylic acids is 1. The molecule has 7 nitrogen and oxygen atoms in total. The maximum Gasteiger partial charge on any atom is 0.320 e. The zero-order valence-electron chi connectivity index (χ0n) is 15.0. The predicted octanol–water partition coefficient (Wildman–Crippen LogP) is 1.35. The Labute approximate surface area is 153 Å². The molecule has 0 aromatic carbocycles. The summed E-state index contributed by atoms with van der Waals surface area (Å²) in [5.41, 5.74) is 0.756. The van der Waals surface area contributed by atoms with Crippen LogP contribution in [0.25, 0.3) is 0 Å². The molecule has 0 bridgehead atoms. The van der Waals surface area contributed by atoms with Crippen LogP contribution in [0.4, 0.5) is 5.82 Å². The van der Waals surface area contributed by atoms with Gasteiger partial charge in [-0.25, -0.2) is 4.98 Å². The molecule has 140 valence electrons. The molecule has 3 aliphatic rings. The normalized spacial score (nSPS) is 25.0. The van der Waals surface area contributed by atoms with Crippen LogP contribution in [0.3, 0.4) is 0 Å². The number of piperidine rings is 1. The van der Waals surface area contributed by atoms with Crippen molar-refractivity contribution in [2.75, 3.05) is 37.6 Å². The number of carbonyl (C=O) groups excluding carboxylic acids is 1. The van der Waals surface area contributed by atoms with Crippen molar-refractivity contribution in [1.82, 2.24) is 15.2 Å². The first kappa shape index (κ1) is 17.3. The highest BCUT2D eigenvalue weighted by molar-refractivity contribution is 5.99. The molecule has 0 saturated carbocycles. The van der Waals surface area contributed by atoms with Crippen LogP contribution in [0.5, 0.6) is 0 Å². The van der Waals surface area contributed by atoms with E-state index in [1.165, 1.54) is 0 Å². The van der Waals surface area contributed by atoms with E-state index in [1.807, 2.05) is 17.0 Å². The van der Waals surface area contributed by atoms with Crippen LogP contribution in [0.1, 0.15) is 42.5 Å². The molecule has 1 spiro atoms. The van der Waals surface area contributed by atoms with Crippen molar-refractivity contribution in [3.63, 3.8) is 0 Å². The lowest BCUT2D eigenvalue weighted by atomic mass is 9.76. The second kappa shape index (κ2) is 6.87. The Morgan fingerprint density at radius 2 is 1.92 bits per heavy atom. The smallest absolute Gasteiger partial charge is 0.320 e. The van der Waals surface area contributed by atoms with Crippen LogP contribution < -0.4 is 10.2 Å². The topological polar surface area (TPSA) is 85.8 Å². The van der Waals surface area contributed by atoms with E-state index in [2.05, 4.69) is 15.2 Å². The van der Waals surface area contributed by atoms with Gasteiger partial charge < -0.3 is 20.2 Å². The fourth-order valence-corrected chi connectivity index (χ4v) is 4.57. The molecular weight excluding hydrogens is 332 g/mol. The van der Waals surface area contributed by atoms with Crippen LogP contribution >= 0.6 is 0 Å². The molecule has 0 radical (unpaired) electrons. The van der Waals surface area contributed by atoms with Crippen molar-refractivity contribution in [3.05, 3.63) is 23.9 Å². The van der Waals surface area contributed by atoms with Crippen molar-refractivity contribution >= 4 is 17.7 Å². The van der Waals surface area contributed by atoms with E-state index in [0.717, 1.165) is 64.2 Å². The molecule has 1 amide bonds. The van der Waals surface area contributed by atoms with Gasteiger partial charge in [0, 0.05) is 38.9 Å². The number of amides is 1. The highest BCUT2D eigenvalue weighted by atomic mass is 16.4. The average Bonchev–Trinajstić information content (AvgIpc) is 3.33. The van der Waals surface area contributed by atoms with E-state index in [4.69, 9.17) is 0 Å². The van der Waals surface area contributed by atoms with Crippen molar-refractivity contribution in [2.24, 2.45) is 5.41 Å². The first-order valence-corrected chi connectivity index (χ1v) is 9.53. The van der Waals surface area contributed by atoms with Crippen LogP contribution in [0.15, 0.2) is 18.3 Å². The number of hydrogen-bond acceptors (Lipinski definition) is 5. The van der Waals surface area contributed by atoms with E-state index in [0.29, 0.717) is 12.0 Å². The van der Waals surface area contributed by atoms with Gasteiger partial charge in [0.1, 0.15) is 11.9 Å². The van der Waals surface area contributed by atoms with Gasteiger partial charge in [-0.15, -0.1) is 0 Å². The number of hydrogen-bond donors (Lipinski definition) is 2. The Hall–Kier alpha value is -2.15. The SMILES string of the molecule is O=C(O)[C@@H]1CC2(CCN(c3ncccc3C(=O)N3CCCC3)CC2)CN1. The van der Waals surface area contributed by atoms with Gasteiger partial charge in [-0.05, 0) is 49.7 Å². The number of nitrogens with zero attached hydrogens (tertiary/aromatic N) is 3. The van der Waals surface area contributed by atoms with E-state index < -0.39 is 12.0 Å². The Balaban J connectivity index is 1.47. The molecule has 4 heterocycles. The lowest BCUT2D eigenvalue weighted by molar-refractivity contribution is -0.139. The van der Waals surface area contributed by atoms with Crippen molar-refractivity contribution in [2.45, 2.75) is 38.1 Å². The summed E-state index contributed by atoms with van der Waals surface area (Å²) >= 11 is 0. The van der Waals surface area contributed by atoms with E-state index in [9.17, 15) is 14.7 Å². The maximum atomic E-state index is 12.9. The molecule has 0 unspecified atom stereocenters. The zero-order valence-corrected chi connectivity index (χ0v) is 15.0. The molecule has 4 rings (SSSR count). The molecule has 7 heteroatoms. The lowest BCUT2D eigenvalue weighted by Gasteiger charge is -2.40. The third kappa shape index (κ3) is 3.16. The van der Waals surface area contributed by atoms with Gasteiger partial charge >= 0.3 is 5.97 Å². The molecule has 1 aromatic rings. The Bertz CT molecular complexity index is 694. The molecular formula is C19H26N4O3. The first-order chi connectivity index (χ1) is 12.6. The summed E-state index contributed by atoms with van der Waals surface area (Å²) in [6.07, 6.45) is 6.45. The van der Waals surface area contributed by atoms with Crippen LogP contribution in [0.2, 0.25) is 0 Å². The number of nitrogens with one attached hydrogen (secondary N) is 1. The number of anilines is 1. The average molecular weight is 358 g/mol. The van der Waals surface area contributed by atoms with Crippen LogP contribution in [0, 0.1) is 5.41 Å². The first-order valence-electron chi connectivity index (χ1n) is 9.53. The summed E-state index contributed by atoms with van der Waals surface area (Å²) < 4.78 is 0. The number of rotatable bonds is 3. The molecule has 26 heavy (non-hydrogen) atoms. The third-order valence-corrected chi connectivity index (χ3v) is 6.19. The number of carbonyl (C=O) groups is 2. The minimum atomic E-state index is -0.757. The minimum absolute atomic E-state index is 0.0630. The van der Waals surface area contributed by atoms with Crippen molar-refractivity contribution in [3.8, 4) is 0 Å². The summed E-state index contributed by atoms with van der Waals surface area (Å²) in [6, 6.07) is 3.28. The Kier molecular flexibility index (Phi) is 4.56. The van der Waals surface area contributed by atoms with E-state index in [1.54, 1.807) is 6.20 Å². The number of aromatic nitrogens is 1. The summed E-state index contributed by atoms with van der Waals surface area (Å²) in [6.45, 7) is 4.05. The Morgan fingerprint density at radius 1 is 1.19 bits per heavy atom. The molecule has 3 fully saturated rings. The zero-order chi connectivity index (χ0) is 18.1. The molecule has 1 atom stereocenters. The van der Waals surface area contributed by atoms with Gasteiger partial charge in [0.15, 0.2) is 0 Å². The number of pyridine rings is 1. The number of carboxylic acid groups (broad SMARTS) is 1. The number of likely N-dealkylation sites (tertiary alicyclic amines) is 1. The van der Waals surface area contributed by atoms with Gasteiger partial charge in [0.05, 0.1) is 5.56 Å². The van der Waals surface area contributed by atoms with Gasteiger partial charge in [-0.1, -0.05) is 0 Å². The molecule has 0 aliphatic carbocycles. The second-order valence-electron chi connectivity index (χ2n) is 7.84. The monoisotopic (exact) mass is 358 g/mol. The summed E-state index contributed by atoms with van der Waals surface area (Å²) in [4.78, 5) is 32.7. The summed E-state index contributed by atoms with van der Waals surface area (Å²) in [5, 5.41) is 12.4. The largest absolute Gasteiger partial charge is 0.480 e. The fourth-order valence-electron chi connectivity index (χ4n) is 4.57. The molecule has 3 aliphatic heterocycles. The Morgan fingerprint density at radius 3 is 2.58 bits per heavy atom. The molecule has 1 aromatic heterocycles. The van der Waals surface area contributed by atoms with E-state index in [-0.39, 0.29) is 11.3 Å². The maximum absolute atomic E-state index is 12.9. The van der Waals surface area contributed by atoms with Crippen molar-refractivity contribution < 1.29 is 14.7 Å². The van der Waals surface area contributed by atoms with Gasteiger partial charge in [-0.2, -0.15) is 0 Å². The second-order valence-corrected chi connectivity index (χ2v) is 7.84. The number of carboxylic acids is 1. The predicted molar refractivity (Wildman–Crippen MR) is 97.3 cm³/mol. The minimum Gasteiger partial charge on any atom is -0.480 e. The highest BCUT2D eigenvalue weighted by Gasteiger charge is 2.44. The van der Waals surface area contributed by atoms with Crippen LogP contribution in [-0.2, 0) is 4.79 Å². The molecule has 2 N–H and O–H groups in total. The van der Waals surface area contributed by atoms with Gasteiger partial charge in [0.2, 0.25) is 0 Å². The van der Waals surface area contributed by atoms with Gasteiger partial charge in [-0.3, -0.25) is 9.59 Å². The lowest BCUT2D eigenvalue weighted by Crippen LogP contribution is -2.42.